The first kappa shape index (κ1) is 10.6. The van der Waals surface area contributed by atoms with E-state index in [1.165, 1.54) is 0 Å². The molecule has 0 saturated carbocycles. The van der Waals surface area contributed by atoms with Crippen LogP contribution < -0.4 is 0 Å². The van der Waals surface area contributed by atoms with Crippen molar-refractivity contribution in [2.24, 2.45) is 0 Å². The molecule has 0 unspecified atom stereocenters. The molecule has 10 heavy (non-hydrogen) atoms. The second kappa shape index (κ2) is 5.27. The van der Waals surface area contributed by atoms with Crippen LogP contribution in [0.1, 0.15) is 0 Å². The van der Waals surface area contributed by atoms with Crippen LogP contribution in [0.25, 0.3) is 0 Å². The molecule has 1 aliphatic rings. The number of ether oxygens (including phenoxy) is 1. The van der Waals surface area contributed by atoms with Crippen molar-refractivity contribution in [1.82, 2.24) is 4.90 Å². The molecule has 1 fully saturated rings. The zero-order chi connectivity index (χ0) is 6.69. The number of morpholine rings is 1. The Hall–Kier alpha value is 0.589. The molecule has 0 aliphatic carbocycles. The zero-order valence-electron chi connectivity index (χ0n) is 5.30. The Balaban J connectivity index is 0.000000810. The van der Waals surface area contributed by atoms with E-state index < -0.39 is 0 Å². The standard InChI is InChI=1S/C5H9NOS2.Cu/c8-5(9)6-1-3-7-4-2-6;/h1-4H2,(H,8,9);/q;+2/p-1. The van der Waals surface area contributed by atoms with Crippen LogP contribution in [0.15, 0.2) is 0 Å². The van der Waals surface area contributed by atoms with Crippen LogP contribution in [0, 0.1) is 0 Å². The molecule has 1 radical (unpaired) electrons. The molecule has 0 bridgehead atoms. The molecule has 0 N–H and O–H groups in total. The van der Waals surface area contributed by atoms with Crippen molar-refractivity contribution in [3.05, 3.63) is 0 Å². The fourth-order valence-electron chi connectivity index (χ4n) is 0.746. The molecule has 1 rings (SSSR count). The van der Waals surface area contributed by atoms with E-state index in [1.54, 1.807) is 0 Å². The molecular formula is C5H8CuNOS2+. The number of rotatable bonds is 0. The summed E-state index contributed by atoms with van der Waals surface area (Å²) in [5.74, 6) is 0. The third kappa shape index (κ3) is 3.12. The van der Waals surface area contributed by atoms with Crippen molar-refractivity contribution in [2.45, 2.75) is 0 Å². The summed E-state index contributed by atoms with van der Waals surface area (Å²) in [4.78, 5) is 1.98. The van der Waals surface area contributed by atoms with Crippen LogP contribution in [-0.2, 0) is 34.4 Å². The molecule has 0 aromatic rings. The maximum atomic E-state index is 5.10. The summed E-state index contributed by atoms with van der Waals surface area (Å²) in [7, 11) is 0. The Morgan fingerprint density at radius 2 is 1.90 bits per heavy atom. The van der Waals surface area contributed by atoms with Crippen molar-refractivity contribution in [3.8, 4) is 0 Å². The normalized spacial score (nSPS) is 17.8. The molecule has 0 amide bonds. The Morgan fingerprint density at radius 1 is 1.40 bits per heavy atom. The molecule has 1 aliphatic heterocycles. The van der Waals surface area contributed by atoms with E-state index in [0.29, 0.717) is 4.32 Å². The van der Waals surface area contributed by atoms with E-state index >= 15 is 0 Å². The van der Waals surface area contributed by atoms with Gasteiger partial charge in [-0.05, 0) is 0 Å². The zero-order valence-corrected chi connectivity index (χ0v) is 7.88. The number of hydrogen-bond donors (Lipinski definition) is 0. The first-order valence-corrected chi connectivity index (χ1v) is 3.66. The Labute approximate surface area is 82.2 Å². The fraction of sp³-hybridized carbons (Fsp3) is 0.800. The van der Waals surface area contributed by atoms with Gasteiger partial charge in [0.15, 0.2) is 0 Å². The monoisotopic (exact) mass is 225 g/mol. The Morgan fingerprint density at radius 3 is 2.20 bits per heavy atom. The number of nitrogens with zero attached hydrogens (tertiary/aromatic N) is 1. The van der Waals surface area contributed by atoms with Crippen molar-refractivity contribution in [2.75, 3.05) is 26.3 Å². The average Bonchev–Trinajstić information content (AvgIpc) is 1.90. The van der Waals surface area contributed by atoms with Gasteiger partial charge in [-0.1, -0.05) is 4.32 Å². The van der Waals surface area contributed by atoms with Crippen LogP contribution in [0.3, 0.4) is 0 Å². The van der Waals surface area contributed by atoms with Crippen LogP contribution in [0.5, 0.6) is 0 Å². The maximum Gasteiger partial charge on any atom is 2.00 e. The predicted molar refractivity (Wildman–Crippen MR) is 42.4 cm³/mol. The van der Waals surface area contributed by atoms with E-state index in [-0.39, 0.29) is 17.1 Å². The van der Waals surface area contributed by atoms with Crippen molar-refractivity contribution in [1.29, 1.82) is 0 Å². The molecule has 1 heterocycles. The van der Waals surface area contributed by atoms with Gasteiger partial charge in [-0.2, -0.15) is 0 Å². The third-order valence-electron chi connectivity index (χ3n) is 1.27. The summed E-state index contributed by atoms with van der Waals surface area (Å²) < 4.78 is 5.67. The van der Waals surface area contributed by atoms with Crippen molar-refractivity contribution < 1.29 is 21.8 Å². The van der Waals surface area contributed by atoms with E-state index in [0.717, 1.165) is 26.3 Å². The van der Waals surface area contributed by atoms with E-state index in [9.17, 15) is 0 Å². The van der Waals surface area contributed by atoms with Gasteiger partial charge in [0, 0.05) is 13.1 Å². The number of thiocarbonyl (C=S) groups is 1. The van der Waals surface area contributed by atoms with Gasteiger partial charge in [-0.25, -0.2) is 0 Å². The minimum atomic E-state index is 0. The predicted octanol–water partition coefficient (Wildman–Crippen LogP) is 0.148. The van der Waals surface area contributed by atoms with Crippen LogP contribution in [0.2, 0.25) is 0 Å². The van der Waals surface area contributed by atoms with Crippen molar-refractivity contribution in [3.63, 3.8) is 0 Å². The van der Waals surface area contributed by atoms with E-state index in [4.69, 9.17) is 29.6 Å². The van der Waals surface area contributed by atoms with Gasteiger partial charge >= 0.3 is 17.1 Å². The van der Waals surface area contributed by atoms with Gasteiger partial charge in [0.25, 0.3) is 0 Å². The second-order valence-corrected chi connectivity index (χ2v) is 2.90. The maximum absolute atomic E-state index is 5.10. The molecule has 0 aromatic heterocycles. The molecule has 0 spiro atoms. The minimum Gasteiger partial charge on any atom is -0.411 e. The van der Waals surface area contributed by atoms with Crippen LogP contribution in [-0.4, -0.2) is 35.5 Å². The van der Waals surface area contributed by atoms with E-state index in [1.807, 2.05) is 4.90 Å². The second-order valence-electron chi connectivity index (χ2n) is 1.87. The SMILES string of the molecule is S=C([S-])N1CCOCC1.[Cu+2]. The van der Waals surface area contributed by atoms with Gasteiger partial charge in [0.1, 0.15) is 0 Å². The van der Waals surface area contributed by atoms with Gasteiger partial charge in [-0.3, -0.25) is 0 Å². The topological polar surface area (TPSA) is 12.5 Å². The minimum absolute atomic E-state index is 0. The molecule has 0 atom stereocenters. The summed E-state index contributed by atoms with van der Waals surface area (Å²) in [6.45, 7) is 3.25. The molecule has 0 aromatic carbocycles. The summed E-state index contributed by atoms with van der Waals surface area (Å²) >= 11 is 9.60. The Bertz CT molecular complexity index is 116. The summed E-state index contributed by atoms with van der Waals surface area (Å²) in [5.41, 5.74) is 0. The van der Waals surface area contributed by atoms with Gasteiger partial charge in [0.2, 0.25) is 0 Å². The molecule has 5 heteroatoms. The van der Waals surface area contributed by atoms with Crippen molar-refractivity contribution >= 4 is 29.2 Å². The first-order chi connectivity index (χ1) is 4.30. The number of hydrogen-bond acceptors (Lipinski definition) is 3. The van der Waals surface area contributed by atoms with Gasteiger partial charge < -0.3 is 34.5 Å². The average molecular weight is 226 g/mol. The molecule has 2 nitrogen and oxygen atoms in total. The summed E-state index contributed by atoms with van der Waals surface area (Å²) in [5, 5.41) is 0. The Kier molecular flexibility index (Phi) is 5.58. The van der Waals surface area contributed by atoms with E-state index in [2.05, 4.69) is 0 Å². The molecule has 1 saturated heterocycles. The summed E-state index contributed by atoms with van der Waals surface area (Å²) in [6, 6.07) is 0. The van der Waals surface area contributed by atoms with Crippen LogP contribution >= 0.6 is 12.2 Å². The molecular weight excluding hydrogens is 218 g/mol. The third-order valence-corrected chi connectivity index (χ3v) is 1.79. The summed E-state index contributed by atoms with van der Waals surface area (Å²) in [6.07, 6.45) is 0. The molecule has 61 valence electrons. The quantitative estimate of drug-likeness (QED) is 0.331. The fourth-order valence-corrected chi connectivity index (χ4v) is 1.11. The van der Waals surface area contributed by atoms with Gasteiger partial charge in [-0.15, -0.1) is 0 Å². The first-order valence-electron chi connectivity index (χ1n) is 2.84. The smallest absolute Gasteiger partial charge is 0.411 e. The van der Waals surface area contributed by atoms with Gasteiger partial charge in [0.05, 0.1) is 13.2 Å². The largest absolute Gasteiger partial charge is 2.00 e. The van der Waals surface area contributed by atoms with Crippen LogP contribution in [0.4, 0.5) is 0 Å².